The summed E-state index contributed by atoms with van der Waals surface area (Å²) in [4.78, 5) is 10.6. The molecule has 3 nitrogen and oxygen atoms in total. The fraction of sp³-hybridized carbons (Fsp3) is 0.818. The Morgan fingerprint density at radius 2 is 2.36 bits per heavy atom. The van der Waals surface area contributed by atoms with E-state index < -0.39 is 0 Å². The van der Waals surface area contributed by atoms with Gasteiger partial charge in [-0.1, -0.05) is 13.5 Å². The third-order valence-electron chi connectivity index (χ3n) is 3.12. The molecule has 1 aliphatic heterocycles. The lowest BCUT2D eigenvalue weighted by molar-refractivity contribution is -0.408. The molecule has 3 heteroatoms. The maximum Gasteiger partial charge on any atom is 0.114 e. The average Bonchev–Trinajstić information content (AvgIpc) is 2.17. The standard InChI is InChI=1S/C11H20O3/c1-8(2)10-5-6-11(4,14-13-10)9(3)7-12/h9-10,12H,1,5-7H2,2-4H3/t9-,10-,11-/m1/s1. The van der Waals surface area contributed by atoms with Gasteiger partial charge in [-0.05, 0) is 32.3 Å². The van der Waals surface area contributed by atoms with E-state index in [4.69, 9.17) is 14.9 Å². The van der Waals surface area contributed by atoms with Crippen LogP contribution in [0, 0.1) is 5.92 Å². The van der Waals surface area contributed by atoms with Crippen LogP contribution in [0.2, 0.25) is 0 Å². The van der Waals surface area contributed by atoms with Crippen LogP contribution >= 0.6 is 0 Å². The minimum absolute atomic E-state index is 0.00830. The quantitative estimate of drug-likeness (QED) is 0.560. The largest absolute Gasteiger partial charge is 0.396 e. The Balaban J connectivity index is 2.52. The number of hydrogen-bond acceptors (Lipinski definition) is 3. The molecule has 14 heavy (non-hydrogen) atoms. The van der Waals surface area contributed by atoms with Crippen LogP contribution in [0.25, 0.3) is 0 Å². The first kappa shape index (κ1) is 11.7. The zero-order valence-electron chi connectivity index (χ0n) is 9.25. The molecule has 0 aromatic heterocycles. The Morgan fingerprint density at radius 1 is 1.71 bits per heavy atom. The summed E-state index contributed by atoms with van der Waals surface area (Å²) in [6, 6.07) is 0. The second-order valence-electron chi connectivity index (χ2n) is 4.45. The minimum atomic E-state index is -0.360. The molecule has 1 N–H and O–H groups in total. The molecule has 0 unspecified atom stereocenters. The Kier molecular flexibility index (Phi) is 3.70. The van der Waals surface area contributed by atoms with Crippen molar-refractivity contribution < 1.29 is 14.9 Å². The normalized spacial score (nSPS) is 35.3. The molecule has 1 heterocycles. The minimum Gasteiger partial charge on any atom is -0.396 e. The van der Waals surface area contributed by atoms with Gasteiger partial charge in [0.2, 0.25) is 0 Å². The van der Waals surface area contributed by atoms with Crippen LogP contribution in [0.3, 0.4) is 0 Å². The number of aliphatic hydroxyl groups is 1. The Labute approximate surface area is 85.6 Å². The van der Waals surface area contributed by atoms with Gasteiger partial charge in [-0.2, -0.15) is 0 Å². The Bertz CT molecular complexity index is 205. The van der Waals surface area contributed by atoms with Crippen LogP contribution in [0.5, 0.6) is 0 Å². The monoisotopic (exact) mass is 200 g/mol. The van der Waals surface area contributed by atoms with Crippen molar-refractivity contribution in [1.29, 1.82) is 0 Å². The van der Waals surface area contributed by atoms with Crippen LogP contribution < -0.4 is 0 Å². The summed E-state index contributed by atoms with van der Waals surface area (Å²) in [6.45, 7) is 9.83. The van der Waals surface area contributed by atoms with Gasteiger partial charge in [-0.3, -0.25) is 0 Å². The van der Waals surface area contributed by atoms with E-state index in [9.17, 15) is 0 Å². The van der Waals surface area contributed by atoms with E-state index in [-0.39, 0.29) is 24.2 Å². The zero-order chi connectivity index (χ0) is 10.8. The van der Waals surface area contributed by atoms with Crippen molar-refractivity contribution in [3.05, 3.63) is 12.2 Å². The van der Waals surface area contributed by atoms with Gasteiger partial charge in [0.05, 0.1) is 0 Å². The van der Waals surface area contributed by atoms with Gasteiger partial charge < -0.3 is 5.11 Å². The smallest absolute Gasteiger partial charge is 0.114 e. The molecule has 0 saturated carbocycles. The van der Waals surface area contributed by atoms with Gasteiger partial charge in [0, 0.05) is 12.5 Å². The molecule has 0 aromatic carbocycles. The van der Waals surface area contributed by atoms with Gasteiger partial charge in [-0.15, -0.1) is 0 Å². The molecule has 0 radical (unpaired) electrons. The van der Waals surface area contributed by atoms with E-state index in [1.165, 1.54) is 0 Å². The van der Waals surface area contributed by atoms with Gasteiger partial charge in [0.15, 0.2) is 0 Å². The molecular weight excluding hydrogens is 180 g/mol. The second kappa shape index (κ2) is 4.43. The third-order valence-corrected chi connectivity index (χ3v) is 3.12. The average molecular weight is 200 g/mol. The van der Waals surface area contributed by atoms with E-state index in [2.05, 4.69) is 6.58 Å². The molecule has 82 valence electrons. The first-order valence-corrected chi connectivity index (χ1v) is 5.10. The van der Waals surface area contributed by atoms with Gasteiger partial charge in [0.1, 0.15) is 11.7 Å². The molecule has 0 spiro atoms. The van der Waals surface area contributed by atoms with Crippen LogP contribution in [-0.2, 0) is 9.78 Å². The van der Waals surface area contributed by atoms with Crippen molar-refractivity contribution in [2.45, 2.75) is 45.3 Å². The van der Waals surface area contributed by atoms with Crippen LogP contribution in [0.1, 0.15) is 33.6 Å². The molecule has 0 aromatic rings. The summed E-state index contributed by atoms with van der Waals surface area (Å²) < 4.78 is 0. The fourth-order valence-corrected chi connectivity index (χ4v) is 1.53. The lowest BCUT2D eigenvalue weighted by atomic mass is 9.85. The predicted octanol–water partition coefficient (Wildman–Crippen LogP) is 2.06. The molecule has 1 aliphatic rings. The summed E-state index contributed by atoms with van der Waals surface area (Å²) in [6.07, 6.45) is 1.82. The summed E-state index contributed by atoms with van der Waals surface area (Å²) in [5.41, 5.74) is 0.629. The van der Waals surface area contributed by atoms with E-state index in [0.717, 1.165) is 18.4 Å². The van der Waals surface area contributed by atoms with Crippen LogP contribution in [0.15, 0.2) is 12.2 Å². The van der Waals surface area contributed by atoms with Crippen molar-refractivity contribution >= 4 is 0 Å². The summed E-state index contributed by atoms with van der Waals surface area (Å²) in [7, 11) is 0. The number of rotatable bonds is 3. The molecule has 1 fully saturated rings. The summed E-state index contributed by atoms with van der Waals surface area (Å²) >= 11 is 0. The molecule has 1 rings (SSSR count). The topological polar surface area (TPSA) is 38.7 Å². The lowest BCUT2D eigenvalue weighted by Crippen LogP contribution is -2.44. The molecule has 0 amide bonds. The third kappa shape index (κ3) is 2.35. The Morgan fingerprint density at radius 3 is 2.71 bits per heavy atom. The van der Waals surface area contributed by atoms with Crippen molar-refractivity contribution in [3.8, 4) is 0 Å². The zero-order valence-corrected chi connectivity index (χ0v) is 9.25. The van der Waals surface area contributed by atoms with Crippen LogP contribution in [0.4, 0.5) is 0 Å². The van der Waals surface area contributed by atoms with Crippen molar-refractivity contribution in [1.82, 2.24) is 0 Å². The highest BCUT2D eigenvalue weighted by Crippen LogP contribution is 2.34. The predicted molar refractivity (Wildman–Crippen MR) is 54.7 cm³/mol. The summed E-state index contributed by atoms with van der Waals surface area (Å²) in [5.74, 6) is 0.0913. The molecular formula is C11H20O3. The van der Waals surface area contributed by atoms with Crippen molar-refractivity contribution in [2.75, 3.05) is 6.61 Å². The maximum atomic E-state index is 9.07. The van der Waals surface area contributed by atoms with E-state index >= 15 is 0 Å². The fourth-order valence-electron chi connectivity index (χ4n) is 1.53. The van der Waals surface area contributed by atoms with Crippen molar-refractivity contribution in [2.24, 2.45) is 5.92 Å². The molecule has 3 atom stereocenters. The van der Waals surface area contributed by atoms with E-state index in [1.807, 2.05) is 20.8 Å². The number of hydrogen-bond donors (Lipinski definition) is 1. The SMILES string of the molecule is C=C(C)[C@H]1CC[C@](C)([C@H](C)CO)OO1. The summed E-state index contributed by atoms with van der Waals surface area (Å²) in [5, 5.41) is 9.07. The van der Waals surface area contributed by atoms with E-state index in [1.54, 1.807) is 0 Å². The molecule has 0 bridgehead atoms. The Hall–Kier alpha value is -0.380. The van der Waals surface area contributed by atoms with Gasteiger partial charge >= 0.3 is 0 Å². The van der Waals surface area contributed by atoms with Crippen LogP contribution in [-0.4, -0.2) is 23.4 Å². The highest BCUT2D eigenvalue weighted by molar-refractivity contribution is 4.99. The molecule has 1 saturated heterocycles. The second-order valence-corrected chi connectivity index (χ2v) is 4.45. The van der Waals surface area contributed by atoms with E-state index in [0.29, 0.717) is 0 Å². The maximum absolute atomic E-state index is 9.07. The highest BCUT2D eigenvalue weighted by atomic mass is 17.2. The number of aliphatic hydroxyl groups excluding tert-OH is 1. The van der Waals surface area contributed by atoms with Gasteiger partial charge in [0.25, 0.3) is 0 Å². The highest BCUT2D eigenvalue weighted by Gasteiger charge is 2.38. The molecule has 0 aliphatic carbocycles. The first-order valence-electron chi connectivity index (χ1n) is 5.10. The van der Waals surface area contributed by atoms with Gasteiger partial charge in [-0.25, -0.2) is 9.78 Å². The lowest BCUT2D eigenvalue weighted by Gasteiger charge is -2.39. The first-order chi connectivity index (χ1) is 6.49. The van der Waals surface area contributed by atoms with Crippen molar-refractivity contribution in [3.63, 3.8) is 0 Å².